The van der Waals surface area contributed by atoms with Crippen molar-refractivity contribution in [3.05, 3.63) is 0 Å². The molecule has 0 aromatic carbocycles. The first-order chi connectivity index (χ1) is 5.99. The fourth-order valence-corrected chi connectivity index (χ4v) is 3.02. The van der Waals surface area contributed by atoms with Crippen molar-refractivity contribution < 1.29 is 5.11 Å². The highest BCUT2D eigenvalue weighted by atomic mass is 16.3. The summed E-state index contributed by atoms with van der Waals surface area (Å²) < 4.78 is 0. The summed E-state index contributed by atoms with van der Waals surface area (Å²) in [4.78, 5) is 0. The van der Waals surface area contributed by atoms with Crippen LogP contribution >= 0.6 is 0 Å². The molecule has 0 amide bonds. The standard InChI is InChI=1S/C12H22O/c1-8-6-10(8)9-4-5-12(2,3)7-11(9)13/h8-11,13H,4-7H2,1-3H3. The Labute approximate surface area is 81.5 Å². The molecule has 4 atom stereocenters. The summed E-state index contributed by atoms with van der Waals surface area (Å²) in [6, 6.07) is 0. The second kappa shape index (κ2) is 2.98. The van der Waals surface area contributed by atoms with E-state index in [0.29, 0.717) is 11.3 Å². The summed E-state index contributed by atoms with van der Waals surface area (Å²) in [6.07, 6.45) is 4.92. The van der Waals surface area contributed by atoms with Crippen molar-refractivity contribution in [3.8, 4) is 0 Å². The van der Waals surface area contributed by atoms with Crippen LogP contribution in [0.3, 0.4) is 0 Å². The first-order valence-electron chi connectivity index (χ1n) is 5.68. The van der Waals surface area contributed by atoms with Gasteiger partial charge < -0.3 is 5.11 Å². The molecule has 0 spiro atoms. The molecule has 2 saturated carbocycles. The van der Waals surface area contributed by atoms with E-state index >= 15 is 0 Å². The summed E-state index contributed by atoms with van der Waals surface area (Å²) in [5.41, 5.74) is 0.383. The van der Waals surface area contributed by atoms with Crippen LogP contribution in [-0.4, -0.2) is 11.2 Å². The van der Waals surface area contributed by atoms with Gasteiger partial charge in [0, 0.05) is 0 Å². The molecule has 0 saturated heterocycles. The van der Waals surface area contributed by atoms with Crippen LogP contribution in [0.15, 0.2) is 0 Å². The first-order valence-corrected chi connectivity index (χ1v) is 5.68. The largest absolute Gasteiger partial charge is 0.393 e. The zero-order chi connectivity index (χ0) is 9.64. The van der Waals surface area contributed by atoms with Gasteiger partial charge in [0.15, 0.2) is 0 Å². The molecular formula is C12H22O. The maximum atomic E-state index is 10.0. The quantitative estimate of drug-likeness (QED) is 0.661. The molecule has 0 aliphatic heterocycles. The van der Waals surface area contributed by atoms with Gasteiger partial charge in [0.05, 0.1) is 6.10 Å². The number of hydrogen-bond acceptors (Lipinski definition) is 1. The third kappa shape index (κ3) is 1.90. The van der Waals surface area contributed by atoms with Crippen LogP contribution in [0.1, 0.15) is 46.5 Å². The highest BCUT2D eigenvalue weighted by Crippen LogP contribution is 2.51. The molecule has 0 aromatic rings. The lowest BCUT2D eigenvalue weighted by Crippen LogP contribution is -2.35. The van der Waals surface area contributed by atoms with Gasteiger partial charge in [-0.1, -0.05) is 20.8 Å². The summed E-state index contributed by atoms with van der Waals surface area (Å²) in [5, 5.41) is 10.0. The molecule has 0 aromatic heterocycles. The van der Waals surface area contributed by atoms with Crippen molar-refractivity contribution in [3.63, 3.8) is 0 Å². The molecule has 2 aliphatic carbocycles. The fourth-order valence-electron chi connectivity index (χ4n) is 3.02. The van der Waals surface area contributed by atoms with E-state index in [4.69, 9.17) is 0 Å². The predicted octanol–water partition coefficient (Wildman–Crippen LogP) is 2.83. The van der Waals surface area contributed by atoms with Crippen LogP contribution < -0.4 is 0 Å². The normalized spacial score (nSPS) is 48.9. The van der Waals surface area contributed by atoms with Crippen molar-refractivity contribution >= 4 is 0 Å². The summed E-state index contributed by atoms with van der Waals surface area (Å²) in [5.74, 6) is 2.37. The molecule has 1 heteroatoms. The SMILES string of the molecule is CC1CC1C1CCC(C)(C)CC1O. The molecule has 0 heterocycles. The second-order valence-electron chi connectivity index (χ2n) is 6.02. The number of aliphatic hydroxyl groups is 1. The van der Waals surface area contributed by atoms with Crippen molar-refractivity contribution in [2.24, 2.45) is 23.2 Å². The average Bonchev–Trinajstić information content (AvgIpc) is 2.64. The Kier molecular flexibility index (Phi) is 2.18. The van der Waals surface area contributed by atoms with E-state index in [2.05, 4.69) is 20.8 Å². The Bertz CT molecular complexity index is 197. The van der Waals surface area contributed by atoms with Gasteiger partial charge in [0.25, 0.3) is 0 Å². The van der Waals surface area contributed by atoms with Crippen LogP contribution in [0.5, 0.6) is 0 Å². The Morgan fingerprint density at radius 1 is 1.23 bits per heavy atom. The van der Waals surface area contributed by atoms with E-state index < -0.39 is 0 Å². The Hall–Kier alpha value is -0.0400. The predicted molar refractivity (Wildman–Crippen MR) is 54.4 cm³/mol. The Balaban J connectivity index is 1.94. The van der Waals surface area contributed by atoms with Crippen molar-refractivity contribution in [2.45, 2.75) is 52.6 Å². The Morgan fingerprint density at radius 2 is 1.85 bits per heavy atom. The van der Waals surface area contributed by atoms with E-state index in [0.717, 1.165) is 18.3 Å². The third-order valence-corrected chi connectivity index (χ3v) is 4.13. The number of aliphatic hydroxyl groups excluding tert-OH is 1. The zero-order valence-corrected chi connectivity index (χ0v) is 9.09. The first kappa shape index (κ1) is 9.51. The summed E-state index contributed by atoms with van der Waals surface area (Å²) >= 11 is 0. The molecule has 2 aliphatic rings. The van der Waals surface area contributed by atoms with E-state index in [1.54, 1.807) is 0 Å². The summed E-state index contributed by atoms with van der Waals surface area (Å²) in [7, 11) is 0. The molecule has 76 valence electrons. The molecule has 1 nitrogen and oxygen atoms in total. The monoisotopic (exact) mass is 182 g/mol. The van der Waals surface area contributed by atoms with Crippen molar-refractivity contribution in [1.82, 2.24) is 0 Å². The maximum absolute atomic E-state index is 10.0. The van der Waals surface area contributed by atoms with Gasteiger partial charge in [-0.3, -0.25) is 0 Å². The van der Waals surface area contributed by atoms with E-state index in [1.165, 1.54) is 19.3 Å². The molecule has 2 fully saturated rings. The van der Waals surface area contributed by atoms with E-state index in [1.807, 2.05) is 0 Å². The highest BCUT2D eigenvalue weighted by molar-refractivity contribution is 4.95. The minimum atomic E-state index is -0.0151. The van der Waals surface area contributed by atoms with Crippen LogP contribution in [0, 0.1) is 23.2 Å². The number of rotatable bonds is 1. The highest BCUT2D eigenvalue weighted by Gasteiger charge is 2.45. The molecule has 0 bridgehead atoms. The smallest absolute Gasteiger partial charge is 0.0576 e. The minimum absolute atomic E-state index is 0.0151. The molecule has 0 radical (unpaired) electrons. The van der Waals surface area contributed by atoms with Gasteiger partial charge in [-0.2, -0.15) is 0 Å². The molecule has 4 unspecified atom stereocenters. The molecular weight excluding hydrogens is 160 g/mol. The average molecular weight is 182 g/mol. The zero-order valence-electron chi connectivity index (χ0n) is 9.09. The lowest BCUT2D eigenvalue weighted by atomic mass is 9.70. The van der Waals surface area contributed by atoms with Gasteiger partial charge in [-0.05, 0) is 48.9 Å². The summed E-state index contributed by atoms with van der Waals surface area (Å²) in [6.45, 7) is 6.88. The maximum Gasteiger partial charge on any atom is 0.0576 e. The van der Waals surface area contributed by atoms with Crippen molar-refractivity contribution in [1.29, 1.82) is 0 Å². The lowest BCUT2D eigenvalue weighted by molar-refractivity contribution is 0.00463. The van der Waals surface area contributed by atoms with Crippen LogP contribution in [0.4, 0.5) is 0 Å². The molecule has 1 N–H and O–H groups in total. The fraction of sp³-hybridized carbons (Fsp3) is 1.00. The van der Waals surface area contributed by atoms with Crippen LogP contribution in [-0.2, 0) is 0 Å². The lowest BCUT2D eigenvalue weighted by Gasteiger charge is -2.38. The van der Waals surface area contributed by atoms with E-state index in [-0.39, 0.29) is 6.10 Å². The van der Waals surface area contributed by atoms with Crippen molar-refractivity contribution in [2.75, 3.05) is 0 Å². The minimum Gasteiger partial charge on any atom is -0.393 e. The van der Waals surface area contributed by atoms with Gasteiger partial charge in [-0.15, -0.1) is 0 Å². The van der Waals surface area contributed by atoms with Gasteiger partial charge in [0.1, 0.15) is 0 Å². The van der Waals surface area contributed by atoms with E-state index in [9.17, 15) is 5.11 Å². The third-order valence-electron chi connectivity index (χ3n) is 4.13. The second-order valence-corrected chi connectivity index (χ2v) is 6.02. The Morgan fingerprint density at radius 3 is 2.31 bits per heavy atom. The van der Waals surface area contributed by atoms with Gasteiger partial charge >= 0.3 is 0 Å². The topological polar surface area (TPSA) is 20.2 Å². The van der Waals surface area contributed by atoms with Gasteiger partial charge in [-0.25, -0.2) is 0 Å². The molecule has 2 rings (SSSR count). The van der Waals surface area contributed by atoms with Gasteiger partial charge in [0.2, 0.25) is 0 Å². The number of hydrogen-bond donors (Lipinski definition) is 1. The van der Waals surface area contributed by atoms with Crippen LogP contribution in [0.25, 0.3) is 0 Å². The molecule has 13 heavy (non-hydrogen) atoms. The van der Waals surface area contributed by atoms with Crippen LogP contribution in [0.2, 0.25) is 0 Å².